The second-order valence-corrected chi connectivity index (χ2v) is 7.18. The molecule has 0 aromatic carbocycles. The van der Waals surface area contributed by atoms with Gasteiger partial charge >= 0.3 is 0 Å². The van der Waals surface area contributed by atoms with Crippen molar-refractivity contribution in [2.75, 3.05) is 7.11 Å². The van der Waals surface area contributed by atoms with Crippen molar-refractivity contribution in [1.82, 2.24) is 4.98 Å². The number of methoxy groups -OCH3 is 1. The zero-order valence-electron chi connectivity index (χ0n) is 11.9. The average molecular weight is 268 g/mol. The zero-order valence-corrected chi connectivity index (χ0v) is 12.7. The molecule has 1 fully saturated rings. The van der Waals surface area contributed by atoms with Crippen LogP contribution in [0.5, 0.6) is 0 Å². The number of nitrogens with zero attached hydrogens (tertiary/aromatic N) is 1. The van der Waals surface area contributed by atoms with Crippen LogP contribution in [0.1, 0.15) is 55.1 Å². The summed E-state index contributed by atoms with van der Waals surface area (Å²) in [5.74, 6) is 0. The lowest BCUT2D eigenvalue weighted by atomic mass is 9.71. The molecule has 1 heterocycles. The van der Waals surface area contributed by atoms with E-state index in [0.29, 0.717) is 12.0 Å². The van der Waals surface area contributed by atoms with Crippen LogP contribution in [0.15, 0.2) is 0 Å². The summed E-state index contributed by atoms with van der Waals surface area (Å²) in [7, 11) is 1.82. The Kier molecular flexibility index (Phi) is 3.81. The Morgan fingerprint density at radius 3 is 2.33 bits per heavy atom. The molecule has 0 atom stereocenters. The Bertz CT molecular complexity index is 415. The smallest absolute Gasteiger partial charge is 0.125 e. The van der Waals surface area contributed by atoms with Gasteiger partial charge in [-0.3, -0.25) is 0 Å². The Hall–Kier alpha value is -0.450. The van der Waals surface area contributed by atoms with Gasteiger partial charge in [0.1, 0.15) is 10.6 Å². The highest BCUT2D eigenvalue weighted by molar-refractivity contribution is 7.11. The van der Waals surface area contributed by atoms with Gasteiger partial charge in [-0.1, -0.05) is 13.8 Å². The van der Waals surface area contributed by atoms with Crippen molar-refractivity contribution in [3.8, 4) is 0 Å². The molecule has 18 heavy (non-hydrogen) atoms. The van der Waals surface area contributed by atoms with Gasteiger partial charge in [0.15, 0.2) is 0 Å². The number of nitrogens with two attached hydrogens (primary N) is 1. The van der Waals surface area contributed by atoms with Crippen LogP contribution in [-0.4, -0.2) is 12.1 Å². The van der Waals surface area contributed by atoms with E-state index in [2.05, 4.69) is 13.8 Å². The number of thiazole rings is 1. The Morgan fingerprint density at radius 1 is 1.28 bits per heavy atom. The third kappa shape index (κ3) is 2.46. The molecule has 2 rings (SSSR count). The maximum Gasteiger partial charge on any atom is 0.125 e. The lowest BCUT2D eigenvalue weighted by Crippen LogP contribution is -2.36. The summed E-state index contributed by atoms with van der Waals surface area (Å²) in [5, 5.41) is 1.12. The van der Waals surface area contributed by atoms with E-state index in [9.17, 15) is 0 Å². The van der Waals surface area contributed by atoms with Crippen LogP contribution in [0.3, 0.4) is 0 Å². The van der Waals surface area contributed by atoms with E-state index in [-0.39, 0.29) is 5.60 Å². The first kappa shape index (κ1) is 14.0. The molecule has 1 aromatic heterocycles. The van der Waals surface area contributed by atoms with Crippen LogP contribution < -0.4 is 5.73 Å². The number of aromatic nitrogens is 1. The van der Waals surface area contributed by atoms with Crippen LogP contribution in [0.2, 0.25) is 0 Å². The van der Waals surface area contributed by atoms with E-state index in [1.54, 1.807) is 11.3 Å². The first-order valence-electron chi connectivity index (χ1n) is 6.64. The number of ether oxygens (including phenoxy) is 1. The highest BCUT2D eigenvalue weighted by Crippen LogP contribution is 2.48. The van der Waals surface area contributed by atoms with Gasteiger partial charge in [-0.05, 0) is 38.0 Å². The van der Waals surface area contributed by atoms with Crippen LogP contribution >= 0.6 is 11.3 Å². The molecule has 0 amide bonds. The first-order valence-corrected chi connectivity index (χ1v) is 7.46. The van der Waals surface area contributed by atoms with E-state index in [0.717, 1.165) is 23.5 Å². The van der Waals surface area contributed by atoms with Crippen molar-refractivity contribution in [3.05, 3.63) is 15.6 Å². The minimum Gasteiger partial charge on any atom is -0.371 e. The molecule has 0 radical (unpaired) electrons. The third-order valence-corrected chi connectivity index (χ3v) is 5.63. The van der Waals surface area contributed by atoms with Crippen molar-refractivity contribution in [2.45, 2.75) is 58.6 Å². The van der Waals surface area contributed by atoms with Gasteiger partial charge < -0.3 is 10.5 Å². The standard InChI is InChI=1S/C14H24N2OS/c1-10-11(9-15)18-12(16-10)14(17-4)7-5-13(2,3)6-8-14/h5-9,15H2,1-4H3. The normalized spacial score (nSPS) is 22.1. The summed E-state index contributed by atoms with van der Waals surface area (Å²) in [5.41, 5.74) is 7.09. The predicted molar refractivity (Wildman–Crippen MR) is 75.7 cm³/mol. The molecular weight excluding hydrogens is 244 g/mol. The van der Waals surface area contributed by atoms with Crippen molar-refractivity contribution in [1.29, 1.82) is 0 Å². The topological polar surface area (TPSA) is 48.1 Å². The van der Waals surface area contributed by atoms with Gasteiger partial charge in [0.2, 0.25) is 0 Å². The van der Waals surface area contributed by atoms with Gasteiger partial charge in [0.05, 0.1) is 5.69 Å². The summed E-state index contributed by atoms with van der Waals surface area (Å²) in [6.45, 7) is 7.29. The van der Waals surface area contributed by atoms with E-state index < -0.39 is 0 Å². The molecule has 1 saturated carbocycles. The largest absolute Gasteiger partial charge is 0.371 e. The van der Waals surface area contributed by atoms with Crippen LogP contribution in [0, 0.1) is 12.3 Å². The second-order valence-electron chi connectivity index (χ2n) is 6.09. The Balaban J connectivity index is 2.27. The van der Waals surface area contributed by atoms with Crippen molar-refractivity contribution in [2.24, 2.45) is 11.1 Å². The fourth-order valence-electron chi connectivity index (χ4n) is 2.65. The SMILES string of the molecule is COC1(c2nc(C)c(CN)s2)CCC(C)(C)CC1. The zero-order chi connectivity index (χ0) is 13.4. The van der Waals surface area contributed by atoms with Crippen LogP contribution in [0.4, 0.5) is 0 Å². The lowest BCUT2D eigenvalue weighted by molar-refractivity contribution is -0.0668. The van der Waals surface area contributed by atoms with Gasteiger partial charge in [-0.15, -0.1) is 11.3 Å². The number of hydrogen-bond donors (Lipinski definition) is 1. The second kappa shape index (κ2) is 4.91. The van der Waals surface area contributed by atoms with Crippen LogP contribution in [-0.2, 0) is 16.9 Å². The van der Waals surface area contributed by atoms with Crippen LogP contribution in [0.25, 0.3) is 0 Å². The number of aryl methyl sites for hydroxylation is 1. The first-order chi connectivity index (χ1) is 8.42. The van der Waals surface area contributed by atoms with E-state index in [1.807, 2.05) is 14.0 Å². The summed E-state index contributed by atoms with van der Waals surface area (Å²) in [6, 6.07) is 0. The van der Waals surface area contributed by atoms with Gasteiger partial charge in [-0.25, -0.2) is 4.98 Å². The molecule has 1 aliphatic rings. The molecule has 1 aliphatic carbocycles. The molecular formula is C14H24N2OS. The van der Waals surface area contributed by atoms with E-state index >= 15 is 0 Å². The lowest BCUT2D eigenvalue weighted by Gasteiger charge is -2.41. The highest BCUT2D eigenvalue weighted by Gasteiger charge is 2.42. The molecule has 1 aromatic rings. The van der Waals surface area contributed by atoms with E-state index in [1.165, 1.54) is 17.7 Å². The Labute approximate surface area is 114 Å². The molecule has 0 spiro atoms. The fraction of sp³-hybridized carbons (Fsp3) is 0.786. The van der Waals surface area contributed by atoms with Gasteiger partial charge in [0.25, 0.3) is 0 Å². The minimum atomic E-state index is -0.168. The highest BCUT2D eigenvalue weighted by atomic mass is 32.1. The van der Waals surface area contributed by atoms with Crippen molar-refractivity contribution in [3.63, 3.8) is 0 Å². The maximum absolute atomic E-state index is 5.88. The molecule has 102 valence electrons. The predicted octanol–water partition coefficient (Wildman–Crippen LogP) is 3.35. The monoisotopic (exact) mass is 268 g/mol. The minimum absolute atomic E-state index is 0.168. The third-order valence-electron chi connectivity index (χ3n) is 4.27. The summed E-state index contributed by atoms with van der Waals surface area (Å²) in [6.07, 6.45) is 4.51. The number of rotatable bonds is 3. The fourth-order valence-corrected chi connectivity index (χ4v) is 3.81. The summed E-state index contributed by atoms with van der Waals surface area (Å²) in [4.78, 5) is 5.90. The Morgan fingerprint density at radius 2 is 1.89 bits per heavy atom. The molecule has 0 unspecified atom stereocenters. The summed E-state index contributed by atoms with van der Waals surface area (Å²) < 4.78 is 5.88. The molecule has 0 aliphatic heterocycles. The molecule has 4 heteroatoms. The molecule has 3 nitrogen and oxygen atoms in total. The van der Waals surface area contributed by atoms with Gasteiger partial charge in [-0.2, -0.15) is 0 Å². The van der Waals surface area contributed by atoms with Gasteiger partial charge in [0, 0.05) is 18.5 Å². The number of hydrogen-bond acceptors (Lipinski definition) is 4. The maximum atomic E-state index is 5.88. The summed E-state index contributed by atoms with van der Waals surface area (Å²) >= 11 is 1.73. The van der Waals surface area contributed by atoms with E-state index in [4.69, 9.17) is 15.5 Å². The molecule has 0 bridgehead atoms. The molecule has 2 N–H and O–H groups in total. The van der Waals surface area contributed by atoms with Crippen molar-refractivity contribution >= 4 is 11.3 Å². The average Bonchev–Trinajstić information content (AvgIpc) is 2.72. The van der Waals surface area contributed by atoms with Crippen molar-refractivity contribution < 1.29 is 4.74 Å². The quantitative estimate of drug-likeness (QED) is 0.914. The molecule has 0 saturated heterocycles.